The Hall–Kier alpha value is -2.07. The fourth-order valence-electron chi connectivity index (χ4n) is 2.11. The van der Waals surface area contributed by atoms with Gasteiger partial charge in [-0.1, -0.05) is 17.7 Å². The van der Waals surface area contributed by atoms with E-state index < -0.39 is 0 Å². The molecule has 0 saturated carbocycles. The summed E-state index contributed by atoms with van der Waals surface area (Å²) < 4.78 is 0. The minimum absolute atomic E-state index is 0.0155. The third-order valence-corrected chi connectivity index (χ3v) is 4.84. The van der Waals surface area contributed by atoms with Crippen molar-refractivity contribution in [3.05, 3.63) is 59.2 Å². The molecule has 0 aliphatic heterocycles. The molecule has 0 saturated heterocycles. The molecule has 0 spiro atoms. The lowest BCUT2D eigenvalue weighted by Crippen LogP contribution is -2.22. The fraction of sp³-hybridized carbons (Fsp3) is 0.263. The Kier molecular flexibility index (Phi) is 5.61. The zero-order valence-corrected chi connectivity index (χ0v) is 14.7. The van der Waals surface area contributed by atoms with E-state index in [1.807, 2.05) is 20.8 Å². The molecule has 23 heavy (non-hydrogen) atoms. The number of carbonyl (C=O) groups is 2. The van der Waals surface area contributed by atoms with Gasteiger partial charge in [0.15, 0.2) is 5.78 Å². The van der Waals surface area contributed by atoms with Gasteiger partial charge in [0.2, 0.25) is 5.91 Å². The number of amides is 1. The van der Waals surface area contributed by atoms with Crippen LogP contribution in [0.1, 0.15) is 35.3 Å². The predicted molar refractivity (Wildman–Crippen MR) is 96.3 cm³/mol. The Labute approximate surface area is 141 Å². The van der Waals surface area contributed by atoms with Gasteiger partial charge in [0, 0.05) is 16.1 Å². The smallest absolute Gasteiger partial charge is 0.237 e. The van der Waals surface area contributed by atoms with E-state index in [-0.39, 0.29) is 16.9 Å². The van der Waals surface area contributed by atoms with Gasteiger partial charge in [0.05, 0.1) is 5.25 Å². The molecule has 0 bridgehead atoms. The van der Waals surface area contributed by atoms with Gasteiger partial charge in [-0.25, -0.2) is 0 Å². The van der Waals surface area contributed by atoms with Crippen LogP contribution in [0, 0.1) is 13.8 Å². The largest absolute Gasteiger partial charge is 0.325 e. The van der Waals surface area contributed by atoms with Crippen molar-refractivity contribution in [1.29, 1.82) is 0 Å². The molecule has 2 rings (SSSR count). The van der Waals surface area contributed by atoms with Gasteiger partial charge >= 0.3 is 0 Å². The van der Waals surface area contributed by atoms with Gasteiger partial charge in [0.1, 0.15) is 0 Å². The minimum atomic E-state index is -0.206. The summed E-state index contributed by atoms with van der Waals surface area (Å²) in [5.74, 6) is -0.0341. The molecule has 0 fully saturated rings. The summed E-state index contributed by atoms with van der Waals surface area (Å²) in [6.45, 7) is 7.51. The quantitative estimate of drug-likeness (QED) is 0.643. The molecule has 2 aromatic rings. The van der Waals surface area contributed by atoms with E-state index in [4.69, 9.17) is 0 Å². The molecule has 4 heteroatoms. The molecule has 1 N–H and O–H groups in total. The summed E-state index contributed by atoms with van der Waals surface area (Å²) in [6, 6.07) is 13.2. The van der Waals surface area contributed by atoms with Gasteiger partial charge in [-0.05, 0) is 63.6 Å². The second kappa shape index (κ2) is 7.47. The maximum Gasteiger partial charge on any atom is 0.237 e. The van der Waals surface area contributed by atoms with Crippen molar-refractivity contribution in [2.24, 2.45) is 0 Å². The summed E-state index contributed by atoms with van der Waals surface area (Å²) in [5.41, 5.74) is 3.70. The number of rotatable bonds is 5. The molecular weight excluding hydrogens is 306 g/mol. The van der Waals surface area contributed by atoms with Crippen LogP contribution in [0.4, 0.5) is 5.69 Å². The highest BCUT2D eigenvalue weighted by molar-refractivity contribution is 8.00. The van der Waals surface area contributed by atoms with Crippen LogP contribution in [0.5, 0.6) is 0 Å². The second-order valence-electron chi connectivity index (χ2n) is 5.65. The average Bonchev–Trinajstić information content (AvgIpc) is 2.51. The van der Waals surface area contributed by atoms with Crippen molar-refractivity contribution in [2.75, 3.05) is 5.32 Å². The Morgan fingerprint density at radius 3 is 2.30 bits per heavy atom. The van der Waals surface area contributed by atoms with Crippen LogP contribution in [0.15, 0.2) is 47.4 Å². The number of carbonyl (C=O) groups excluding carboxylic acids is 2. The highest BCUT2D eigenvalue weighted by Gasteiger charge is 2.16. The number of nitrogens with one attached hydrogen (secondary N) is 1. The van der Waals surface area contributed by atoms with Crippen molar-refractivity contribution in [3.63, 3.8) is 0 Å². The zero-order valence-electron chi connectivity index (χ0n) is 13.8. The van der Waals surface area contributed by atoms with Gasteiger partial charge in [-0.3, -0.25) is 9.59 Å². The molecular formula is C19H21NO2S. The number of benzene rings is 2. The van der Waals surface area contributed by atoms with E-state index >= 15 is 0 Å². The molecule has 120 valence electrons. The van der Waals surface area contributed by atoms with Crippen molar-refractivity contribution < 1.29 is 9.59 Å². The minimum Gasteiger partial charge on any atom is -0.325 e. The molecule has 0 aliphatic rings. The first-order valence-electron chi connectivity index (χ1n) is 7.52. The Bertz CT molecular complexity index is 723. The highest BCUT2D eigenvalue weighted by Crippen LogP contribution is 2.28. The number of hydrogen-bond acceptors (Lipinski definition) is 3. The molecule has 2 aromatic carbocycles. The molecule has 0 unspecified atom stereocenters. The third kappa shape index (κ3) is 4.70. The van der Waals surface area contributed by atoms with Crippen LogP contribution < -0.4 is 5.32 Å². The SMILES string of the molecule is CC(=O)c1ccc(NC(=O)[C@H](C)Sc2cc(C)ccc2C)cc1. The maximum atomic E-state index is 12.3. The van der Waals surface area contributed by atoms with Gasteiger partial charge < -0.3 is 5.32 Å². The summed E-state index contributed by atoms with van der Waals surface area (Å²) in [4.78, 5) is 24.7. The number of hydrogen-bond donors (Lipinski definition) is 1. The van der Waals surface area contributed by atoms with E-state index in [0.717, 1.165) is 4.90 Å². The van der Waals surface area contributed by atoms with E-state index in [9.17, 15) is 9.59 Å². The van der Waals surface area contributed by atoms with Crippen molar-refractivity contribution in [3.8, 4) is 0 Å². The topological polar surface area (TPSA) is 46.2 Å². The van der Waals surface area contributed by atoms with E-state index in [0.29, 0.717) is 11.3 Å². The number of thioether (sulfide) groups is 1. The zero-order chi connectivity index (χ0) is 17.0. The number of ketones is 1. The molecule has 3 nitrogen and oxygen atoms in total. The number of Topliss-reactive ketones (excluding diaryl/α,β-unsaturated/α-hetero) is 1. The first kappa shape index (κ1) is 17.3. The summed E-state index contributed by atoms with van der Waals surface area (Å²) in [5, 5.41) is 2.69. The second-order valence-corrected chi connectivity index (χ2v) is 7.03. The van der Waals surface area contributed by atoms with Crippen LogP contribution in [0.2, 0.25) is 0 Å². The van der Waals surface area contributed by atoms with Crippen LogP contribution in [0.25, 0.3) is 0 Å². The van der Waals surface area contributed by atoms with Gasteiger partial charge in [0.25, 0.3) is 0 Å². The van der Waals surface area contributed by atoms with Crippen LogP contribution in [-0.4, -0.2) is 16.9 Å². The van der Waals surface area contributed by atoms with Gasteiger partial charge in [-0.2, -0.15) is 0 Å². The normalized spacial score (nSPS) is 11.8. The first-order chi connectivity index (χ1) is 10.9. The van der Waals surface area contributed by atoms with E-state index in [1.165, 1.54) is 18.1 Å². The Morgan fingerprint density at radius 1 is 1.04 bits per heavy atom. The lowest BCUT2D eigenvalue weighted by atomic mass is 10.1. The summed E-state index contributed by atoms with van der Waals surface area (Å²) >= 11 is 1.55. The summed E-state index contributed by atoms with van der Waals surface area (Å²) in [6.07, 6.45) is 0. The molecule has 0 aliphatic carbocycles. The van der Waals surface area contributed by atoms with Gasteiger partial charge in [-0.15, -0.1) is 11.8 Å². The van der Waals surface area contributed by atoms with Crippen molar-refractivity contribution in [1.82, 2.24) is 0 Å². The van der Waals surface area contributed by atoms with Crippen LogP contribution >= 0.6 is 11.8 Å². The summed E-state index contributed by atoms with van der Waals surface area (Å²) in [7, 11) is 0. The Morgan fingerprint density at radius 2 is 1.70 bits per heavy atom. The van der Waals surface area contributed by atoms with E-state index in [1.54, 1.807) is 36.0 Å². The van der Waals surface area contributed by atoms with Crippen LogP contribution in [-0.2, 0) is 4.79 Å². The first-order valence-corrected chi connectivity index (χ1v) is 8.40. The maximum absolute atomic E-state index is 12.3. The van der Waals surface area contributed by atoms with Crippen LogP contribution in [0.3, 0.4) is 0 Å². The molecule has 0 heterocycles. The molecule has 1 amide bonds. The van der Waals surface area contributed by atoms with Crippen molar-refractivity contribution in [2.45, 2.75) is 37.8 Å². The number of anilines is 1. The number of aryl methyl sites for hydroxylation is 2. The average molecular weight is 327 g/mol. The molecule has 0 radical (unpaired) electrons. The molecule has 0 aromatic heterocycles. The van der Waals surface area contributed by atoms with Crippen molar-refractivity contribution >= 4 is 29.1 Å². The Balaban J connectivity index is 2.02. The highest BCUT2D eigenvalue weighted by atomic mass is 32.2. The lowest BCUT2D eigenvalue weighted by Gasteiger charge is -2.14. The fourth-order valence-corrected chi connectivity index (χ4v) is 3.17. The standard InChI is InChI=1S/C19H21NO2S/c1-12-5-6-13(2)18(11-12)23-15(4)19(22)20-17-9-7-16(8-10-17)14(3)21/h5-11,15H,1-4H3,(H,20,22)/t15-/m0/s1. The lowest BCUT2D eigenvalue weighted by molar-refractivity contribution is -0.115. The predicted octanol–water partition coefficient (Wildman–Crippen LogP) is 4.63. The van der Waals surface area contributed by atoms with E-state index in [2.05, 4.69) is 23.5 Å². The monoisotopic (exact) mass is 327 g/mol. The molecule has 1 atom stereocenters. The third-order valence-electron chi connectivity index (χ3n) is 3.58.